The summed E-state index contributed by atoms with van der Waals surface area (Å²) in [5.74, 6) is 2.10. The SMILES string of the molecule is C=CCOC12Oc3ccc(Oc4ccc5ccccc5c4)cc3C3C(CCCCO)C(CCCCO)C=C(C(=NOC4CCCCO4)CC1SCCc1cnccn1)C32. The zero-order valence-electron chi connectivity index (χ0n) is 33.8. The number of aromatic nitrogens is 2. The number of allylic oxidation sites excluding steroid dienone is 1. The lowest BCUT2D eigenvalue weighted by molar-refractivity contribution is -0.223. The fourth-order valence-electron chi connectivity index (χ4n) is 9.59. The number of thioether (sulfide) groups is 1. The Morgan fingerprint density at radius 1 is 0.949 bits per heavy atom. The lowest BCUT2D eigenvalue weighted by Gasteiger charge is -2.58. The Balaban J connectivity index is 1.25. The van der Waals surface area contributed by atoms with Crippen LogP contribution in [-0.4, -0.2) is 75.4 Å². The Labute approximate surface area is 352 Å². The van der Waals surface area contributed by atoms with Crippen LogP contribution in [-0.2, 0) is 20.7 Å². The normalized spacial score (nSPS) is 26.7. The van der Waals surface area contributed by atoms with E-state index in [-0.39, 0.29) is 48.4 Å². The van der Waals surface area contributed by atoms with E-state index in [2.05, 4.69) is 59.0 Å². The summed E-state index contributed by atoms with van der Waals surface area (Å²) in [6.45, 7) is 5.35. The predicted molar refractivity (Wildman–Crippen MR) is 232 cm³/mol. The van der Waals surface area contributed by atoms with Crippen molar-refractivity contribution < 1.29 is 34.0 Å². The molecule has 1 saturated carbocycles. The lowest BCUT2D eigenvalue weighted by Crippen LogP contribution is -2.64. The first-order valence-corrected chi connectivity index (χ1v) is 22.5. The Morgan fingerprint density at radius 2 is 1.78 bits per heavy atom. The average molecular weight is 820 g/mol. The van der Waals surface area contributed by atoms with E-state index in [4.69, 9.17) is 28.9 Å². The van der Waals surface area contributed by atoms with Crippen LogP contribution in [0.25, 0.3) is 10.8 Å². The lowest BCUT2D eigenvalue weighted by atomic mass is 9.56. The van der Waals surface area contributed by atoms with Crippen LogP contribution in [0.2, 0.25) is 0 Å². The van der Waals surface area contributed by atoms with Crippen molar-refractivity contribution >= 4 is 28.2 Å². The molecule has 11 heteroatoms. The fourth-order valence-corrected chi connectivity index (χ4v) is 11.0. The van der Waals surface area contributed by atoms with Crippen LogP contribution in [0.1, 0.15) is 81.4 Å². The minimum atomic E-state index is -1.06. The monoisotopic (exact) mass is 819 g/mol. The molecule has 7 atom stereocenters. The van der Waals surface area contributed by atoms with E-state index >= 15 is 0 Å². The summed E-state index contributed by atoms with van der Waals surface area (Å²) in [4.78, 5) is 15.1. The summed E-state index contributed by atoms with van der Waals surface area (Å²) in [6, 6.07) is 20.7. The smallest absolute Gasteiger partial charge is 0.230 e. The molecule has 4 aromatic rings. The molecule has 2 fully saturated rings. The standard InChI is InChI=1S/C48H57N3O7S/c1-2-25-55-48-44(59-27-20-36-32-49-21-22-50-36)31-42(51-58-45-15-7-10-26-54-45)40-29-35(13-5-8-23-52)39(14-6-9-24-53)46(47(40)48)41-30-38(18-19-43(41)57-48)56-37-17-16-33-11-3-4-12-34(33)28-37/h2-4,11-12,16-19,21-22,28-30,32,35,39,44-47,52-53H,1,5-10,13-15,20,23-27,31H2. The number of nitrogens with zero attached hydrogens (tertiary/aromatic N) is 3. The van der Waals surface area contributed by atoms with Crippen molar-refractivity contribution in [2.24, 2.45) is 22.9 Å². The minimum absolute atomic E-state index is 0.0407. The number of aliphatic hydroxyl groups is 2. The van der Waals surface area contributed by atoms with E-state index in [1.54, 1.807) is 18.5 Å². The van der Waals surface area contributed by atoms with Gasteiger partial charge in [0.05, 0.1) is 35.8 Å². The van der Waals surface area contributed by atoms with Gasteiger partial charge in [0.25, 0.3) is 0 Å². The van der Waals surface area contributed by atoms with Gasteiger partial charge in [-0.25, -0.2) is 0 Å². The van der Waals surface area contributed by atoms with Crippen molar-refractivity contribution in [1.29, 1.82) is 0 Å². The van der Waals surface area contributed by atoms with Gasteiger partial charge in [-0.3, -0.25) is 9.97 Å². The van der Waals surface area contributed by atoms with Gasteiger partial charge in [0.1, 0.15) is 17.2 Å². The zero-order chi connectivity index (χ0) is 40.4. The number of aliphatic hydroxyl groups excluding tert-OH is 2. The van der Waals surface area contributed by atoms with Gasteiger partial charge in [0, 0.05) is 62.5 Å². The van der Waals surface area contributed by atoms with E-state index in [9.17, 15) is 10.2 Å². The molecule has 4 aliphatic rings. The van der Waals surface area contributed by atoms with Crippen LogP contribution in [0.3, 0.4) is 0 Å². The molecule has 1 saturated heterocycles. The molecule has 0 amide bonds. The number of ether oxygens (including phenoxy) is 4. The first-order chi connectivity index (χ1) is 29.1. The molecule has 8 rings (SSSR count). The Bertz CT molecular complexity index is 2070. The highest BCUT2D eigenvalue weighted by Crippen LogP contribution is 2.62. The number of fused-ring (bicyclic) bond motifs is 3. The third kappa shape index (κ3) is 9.40. The molecule has 0 spiro atoms. The summed E-state index contributed by atoms with van der Waals surface area (Å²) in [6.07, 6.45) is 18.4. The van der Waals surface area contributed by atoms with Crippen molar-refractivity contribution in [2.75, 3.05) is 32.2 Å². The molecule has 2 aliphatic heterocycles. The van der Waals surface area contributed by atoms with E-state index in [1.165, 1.54) is 0 Å². The van der Waals surface area contributed by atoms with Crippen LogP contribution >= 0.6 is 11.8 Å². The highest BCUT2D eigenvalue weighted by Gasteiger charge is 2.64. The number of unbranched alkanes of at least 4 members (excludes halogenated alkanes) is 2. The molecular formula is C48H57N3O7S. The Morgan fingerprint density at radius 3 is 2.58 bits per heavy atom. The number of benzene rings is 3. The van der Waals surface area contributed by atoms with Crippen molar-refractivity contribution in [3.63, 3.8) is 0 Å². The number of oxime groups is 1. The van der Waals surface area contributed by atoms with E-state index in [0.29, 0.717) is 19.6 Å². The average Bonchev–Trinajstić information content (AvgIpc) is 3.27. The van der Waals surface area contributed by atoms with E-state index in [1.807, 2.05) is 42.2 Å². The maximum absolute atomic E-state index is 9.98. The zero-order valence-corrected chi connectivity index (χ0v) is 34.6. The molecule has 2 aliphatic carbocycles. The highest BCUT2D eigenvalue weighted by atomic mass is 32.2. The number of hydrogen-bond acceptors (Lipinski definition) is 11. The highest BCUT2D eigenvalue weighted by molar-refractivity contribution is 8.00. The van der Waals surface area contributed by atoms with Crippen LogP contribution in [0.5, 0.6) is 17.2 Å². The van der Waals surface area contributed by atoms with Crippen molar-refractivity contribution in [1.82, 2.24) is 9.97 Å². The number of rotatable bonds is 19. The van der Waals surface area contributed by atoms with Gasteiger partial charge in [-0.05, 0) is 103 Å². The fraction of sp³-hybridized carbons (Fsp3) is 0.479. The second kappa shape index (κ2) is 19.9. The molecule has 10 nitrogen and oxygen atoms in total. The molecule has 3 heterocycles. The molecular weight excluding hydrogens is 763 g/mol. The van der Waals surface area contributed by atoms with Gasteiger partial charge in [-0.1, -0.05) is 60.5 Å². The van der Waals surface area contributed by atoms with Gasteiger partial charge in [-0.2, -0.15) is 11.8 Å². The first kappa shape index (κ1) is 41.5. The molecule has 2 N–H and O–H groups in total. The molecule has 59 heavy (non-hydrogen) atoms. The minimum Gasteiger partial charge on any atom is -0.460 e. The number of hydrogen-bond donors (Lipinski definition) is 2. The van der Waals surface area contributed by atoms with Crippen LogP contribution < -0.4 is 9.47 Å². The van der Waals surface area contributed by atoms with E-state index in [0.717, 1.165) is 121 Å². The van der Waals surface area contributed by atoms with Crippen LogP contribution in [0.15, 0.2) is 109 Å². The molecule has 7 unspecified atom stereocenters. The van der Waals surface area contributed by atoms with Gasteiger partial charge >= 0.3 is 0 Å². The maximum Gasteiger partial charge on any atom is 0.230 e. The molecule has 312 valence electrons. The van der Waals surface area contributed by atoms with Crippen LogP contribution in [0.4, 0.5) is 0 Å². The summed E-state index contributed by atoms with van der Waals surface area (Å²) in [5, 5.41) is 27.0. The predicted octanol–water partition coefficient (Wildman–Crippen LogP) is 9.56. The second-order valence-corrected chi connectivity index (χ2v) is 17.4. The molecule has 3 aromatic carbocycles. The van der Waals surface area contributed by atoms with Gasteiger partial charge < -0.3 is 34.0 Å². The summed E-state index contributed by atoms with van der Waals surface area (Å²) < 4.78 is 27.1. The summed E-state index contributed by atoms with van der Waals surface area (Å²) in [7, 11) is 0. The Hall–Kier alpha value is -4.26. The maximum atomic E-state index is 9.98. The summed E-state index contributed by atoms with van der Waals surface area (Å²) in [5.41, 5.74) is 4.02. The topological polar surface area (TPSA) is 125 Å². The Kier molecular flexibility index (Phi) is 14.0. The quantitative estimate of drug-likeness (QED) is 0.0537. The van der Waals surface area contributed by atoms with Crippen molar-refractivity contribution in [3.8, 4) is 17.2 Å². The second-order valence-electron chi connectivity index (χ2n) is 16.1. The van der Waals surface area contributed by atoms with Crippen molar-refractivity contribution in [2.45, 2.75) is 93.9 Å². The van der Waals surface area contributed by atoms with Crippen molar-refractivity contribution in [3.05, 3.63) is 115 Å². The van der Waals surface area contributed by atoms with E-state index < -0.39 is 5.79 Å². The van der Waals surface area contributed by atoms with Crippen LogP contribution in [0, 0.1) is 17.8 Å². The number of aryl methyl sites for hydroxylation is 1. The van der Waals surface area contributed by atoms with Gasteiger partial charge in [0.2, 0.25) is 12.1 Å². The molecule has 1 aromatic heterocycles. The summed E-state index contributed by atoms with van der Waals surface area (Å²) >= 11 is 1.82. The first-order valence-electron chi connectivity index (χ1n) is 21.5. The molecule has 0 radical (unpaired) electrons. The third-order valence-electron chi connectivity index (χ3n) is 12.3. The molecule has 0 bridgehead atoms. The van der Waals surface area contributed by atoms with Gasteiger partial charge in [0.15, 0.2) is 0 Å². The largest absolute Gasteiger partial charge is 0.460 e. The van der Waals surface area contributed by atoms with Gasteiger partial charge in [-0.15, -0.1) is 6.58 Å². The third-order valence-corrected chi connectivity index (χ3v) is 13.6.